The summed E-state index contributed by atoms with van der Waals surface area (Å²) in [5.41, 5.74) is 0.662. The van der Waals surface area contributed by atoms with E-state index in [1.54, 1.807) is 49.8 Å². The van der Waals surface area contributed by atoms with Crippen molar-refractivity contribution in [2.45, 2.75) is 25.2 Å². The Kier molecular flexibility index (Phi) is 4.97. The summed E-state index contributed by atoms with van der Waals surface area (Å²) in [6.07, 6.45) is 2.42. The molecule has 0 fully saturated rings. The summed E-state index contributed by atoms with van der Waals surface area (Å²) in [7, 11) is -1.95. The number of methoxy groups -OCH3 is 1. The Morgan fingerprint density at radius 3 is 2.67 bits per heavy atom. The molecule has 5 nitrogen and oxygen atoms in total. The van der Waals surface area contributed by atoms with E-state index >= 15 is 0 Å². The summed E-state index contributed by atoms with van der Waals surface area (Å²) < 4.78 is 32.3. The standard InChI is InChI=1S/C14H18N2O3S2/c1-10-8-12(19-3)4-5-14(10)21(17,18)16-7-6-13-9-15-11(2)20-13/h4-5,8-9,16H,6-7H2,1-3H3. The van der Waals surface area contributed by atoms with Gasteiger partial charge in [0, 0.05) is 17.6 Å². The quantitative estimate of drug-likeness (QED) is 0.884. The van der Waals surface area contributed by atoms with E-state index in [0.29, 0.717) is 24.3 Å². The van der Waals surface area contributed by atoms with E-state index < -0.39 is 10.0 Å². The molecule has 0 saturated heterocycles. The van der Waals surface area contributed by atoms with E-state index in [1.807, 2.05) is 6.92 Å². The van der Waals surface area contributed by atoms with Crippen molar-refractivity contribution in [2.24, 2.45) is 0 Å². The van der Waals surface area contributed by atoms with Crippen LogP contribution in [-0.4, -0.2) is 27.1 Å². The predicted octanol–water partition coefficient (Wildman–Crippen LogP) is 2.29. The minimum Gasteiger partial charge on any atom is -0.497 e. The normalized spacial score (nSPS) is 11.6. The van der Waals surface area contributed by atoms with Crippen molar-refractivity contribution in [1.29, 1.82) is 0 Å². The van der Waals surface area contributed by atoms with Crippen LogP contribution in [0, 0.1) is 13.8 Å². The van der Waals surface area contributed by atoms with Crippen LogP contribution in [-0.2, 0) is 16.4 Å². The molecule has 7 heteroatoms. The number of hydrogen-bond donors (Lipinski definition) is 1. The van der Waals surface area contributed by atoms with Crippen LogP contribution in [0.25, 0.3) is 0 Å². The summed E-state index contributed by atoms with van der Waals surface area (Å²) in [6, 6.07) is 4.92. The Labute approximate surface area is 129 Å². The highest BCUT2D eigenvalue weighted by atomic mass is 32.2. The molecular formula is C14H18N2O3S2. The number of aromatic nitrogens is 1. The SMILES string of the molecule is COc1ccc(S(=O)(=O)NCCc2cnc(C)s2)c(C)c1. The fourth-order valence-corrected chi connectivity index (χ4v) is 4.01. The van der Waals surface area contributed by atoms with E-state index in [9.17, 15) is 8.42 Å². The van der Waals surface area contributed by atoms with E-state index in [-0.39, 0.29) is 4.90 Å². The summed E-state index contributed by atoms with van der Waals surface area (Å²) in [5, 5.41) is 0.985. The summed E-state index contributed by atoms with van der Waals surface area (Å²) in [4.78, 5) is 5.50. The molecule has 0 saturated carbocycles. The Morgan fingerprint density at radius 2 is 2.10 bits per heavy atom. The van der Waals surface area contributed by atoms with Crippen molar-refractivity contribution in [3.63, 3.8) is 0 Å². The fraction of sp³-hybridized carbons (Fsp3) is 0.357. The van der Waals surface area contributed by atoms with Gasteiger partial charge in [0.2, 0.25) is 10.0 Å². The van der Waals surface area contributed by atoms with Gasteiger partial charge in [-0.3, -0.25) is 0 Å². The molecule has 114 valence electrons. The number of thiazole rings is 1. The third kappa shape index (κ3) is 4.03. The first-order valence-electron chi connectivity index (χ1n) is 6.48. The van der Waals surface area contributed by atoms with E-state index in [4.69, 9.17) is 4.74 Å². The maximum atomic E-state index is 12.3. The zero-order valence-electron chi connectivity index (χ0n) is 12.2. The van der Waals surface area contributed by atoms with Crippen molar-refractivity contribution in [3.8, 4) is 5.75 Å². The second-order valence-corrected chi connectivity index (χ2v) is 7.68. The highest BCUT2D eigenvalue weighted by Crippen LogP contribution is 2.21. The first-order valence-corrected chi connectivity index (χ1v) is 8.78. The van der Waals surface area contributed by atoms with Gasteiger partial charge in [-0.15, -0.1) is 11.3 Å². The van der Waals surface area contributed by atoms with Crippen LogP contribution in [0.1, 0.15) is 15.4 Å². The highest BCUT2D eigenvalue weighted by Gasteiger charge is 2.16. The lowest BCUT2D eigenvalue weighted by Crippen LogP contribution is -2.26. The Morgan fingerprint density at radius 1 is 1.33 bits per heavy atom. The lowest BCUT2D eigenvalue weighted by atomic mass is 10.2. The molecule has 1 N–H and O–H groups in total. The highest BCUT2D eigenvalue weighted by molar-refractivity contribution is 7.89. The van der Waals surface area contributed by atoms with Crippen molar-refractivity contribution < 1.29 is 13.2 Å². The number of nitrogens with zero attached hydrogens (tertiary/aromatic N) is 1. The van der Waals surface area contributed by atoms with Crippen molar-refractivity contribution in [2.75, 3.05) is 13.7 Å². The topological polar surface area (TPSA) is 68.3 Å². The minimum atomic E-state index is -3.50. The van der Waals surface area contributed by atoms with Gasteiger partial charge in [0.25, 0.3) is 0 Å². The summed E-state index contributed by atoms with van der Waals surface area (Å²) >= 11 is 1.58. The van der Waals surface area contributed by atoms with Gasteiger partial charge in [-0.1, -0.05) is 0 Å². The van der Waals surface area contributed by atoms with Gasteiger partial charge in [0.15, 0.2) is 0 Å². The van der Waals surface area contributed by atoms with E-state index in [2.05, 4.69) is 9.71 Å². The van der Waals surface area contributed by atoms with Crippen LogP contribution >= 0.6 is 11.3 Å². The first kappa shape index (κ1) is 15.9. The molecule has 0 unspecified atom stereocenters. The van der Waals surface area contributed by atoms with Crippen LogP contribution < -0.4 is 9.46 Å². The molecule has 1 aromatic heterocycles. The molecule has 0 radical (unpaired) electrons. The maximum Gasteiger partial charge on any atom is 0.240 e. The molecule has 0 spiro atoms. The van der Waals surface area contributed by atoms with Crippen LogP contribution in [0.4, 0.5) is 0 Å². The van der Waals surface area contributed by atoms with Crippen molar-refractivity contribution in [3.05, 3.63) is 39.8 Å². The first-order chi connectivity index (χ1) is 9.92. The number of benzene rings is 1. The second kappa shape index (κ2) is 6.55. The van der Waals surface area contributed by atoms with Gasteiger partial charge in [-0.05, 0) is 44.0 Å². The van der Waals surface area contributed by atoms with Crippen molar-refractivity contribution >= 4 is 21.4 Å². The van der Waals surface area contributed by atoms with Gasteiger partial charge in [-0.2, -0.15) is 0 Å². The number of nitrogens with one attached hydrogen (secondary N) is 1. The predicted molar refractivity (Wildman–Crippen MR) is 83.5 cm³/mol. The van der Waals surface area contributed by atoms with Crippen molar-refractivity contribution in [1.82, 2.24) is 9.71 Å². The van der Waals surface area contributed by atoms with Crippen LogP contribution in [0.2, 0.25) is 0 Å². The Hall–Kier alpha value is -1.44. The van der Waals surface area contributed by atoms with Crippen LogP contribution in [0.5, 0.6) is 5.75 Å². The largest absolute Gasteiger partial charge is 0.497 e. The minimum absolute atomic E-state index is 0.281. The zero-order chi connectivity index (χ0) is 15.5. The molecule has 2 aromatic rings. The smallest absolute Gasteiger partial charge is 0.240 e. The fourth-order valence-electron chi connectivity index (χ4n) is 1.96. The second-order valence-electron chi connectivity index (χ2n) is 4.62. The summed E-state index contributed by atoms with van der Waals surface area (Å²) in [6.45, 7) is 4.04. The van der Waals surface area contributed by atoms with Gasteiger partial charge < -0.3 is 4.74 Å². The lowest BCUT2D eigenvalue weighted by molar-refractivity contribution is 0.414. The number of aryl methyl sites for hydroxylation is 2. The summed E-state index contributed by atoms with van der Waals surface area (Å²) in [5.74, 6) is 0.645. The number of ether oxygens (including phenoxy) is 1. The molecule has 0 aliphatic carbocycles. The lowest BCUT2D eigenvalue weighted by Gasteiger charge is -2.10. The number of rotatable bonds is 6. The van der Waals surface area contributed by atoms with Gasteiger partial charge in [0.1, 0.15) is 5.75 Å². The molecule has 0 amide bonds. The van der Waals surface area contributed by atoms with Crippen LogP contribution in [0.3, 0.4) is 0 Å². The molecule has 0 atom stereocenters. The molecule has 1 heterocycles. The average Bonchev–Trinajstić information content (AvgIpc) is 2.83. The maximum absolute atomic E-state index is 12.3. The van der Waals surface area contributed by atoms with Gasteiger partial charge in [-0.25, -0.2) is 18.1 Å². The Balaban J connectivity index is 2.04. The molecule has 2 rings (SSSR count). The number of sulfonamides is 1. The monoisotopic (exact) mass is 326 g/mol. The third-order valence-corrected chi connectivity index (χ3v) is 5.60. The molecular weight excluding hydrogens is 308 g/mol. The molecule has 1 aromatic carbocycles. The zero-order valence-corrected chi connectivity index (χ0v) is 13.8. The number of hydrogen-bond acceptors (Lipinski definition) is 5. The molecule has 0 aliphatic rings. The Bertz CT molecular complexity index is 724. The third-order valence-electron chi connectivity index (χ3n) is 3.00. The molecule has 0 aliphatic heterocycles. The van der Waals surface area contributed by atoms with E-state index in [1.165, 1.54) is 0 Å². The van der Waals surface area contributed by atoms with Gasteiger partial charge >= 0.3 is 0 Å². The average molecular weight is 326 g/mol. The molecule has 0 bridgehead atoms. The molecule has 21 heavy (non-hydrogen) atoms. The van der Waals surface area contributed by atoms with E-state index in [0.717, 1.165) is 9.88 Å². The van der Waals surface area contributed by atoms with Crippen LogP contribution in [0.15, 0.2) is 29.3 Å². The van der Waals surface area contributed by atoms with Gasteiger partial charge in [0.05, 0.1) is 17.0 Å².